The summed E-state index contributed by atoms with van der Waals surface area (Å²) < 4.78 is 13.3. The van der Waals surface area contributed by atoms with Gasteiger partial charge in [-0.1, -0.05) is 40.9 Å². The van der Waals surface area contributed by atoms with Gasteiger partial charge in [-0.15, -0.1) is 0 Å². The Bertz CT molecular complexity index is 619. The zero-order valence-electron chi connectivity index (χ0n) is 10.3. The molecule has 0 aromatic heterocycles. The lowest BCUT2D eigenvalue weighted by Gasteiger charge is -2.18. The highest BCUT2D eigenvalue weighted by Gasteiger charge is 2.14. The Morgan fingerprint density at radius 3 is 2.35 bits per heavy atom. The van der Waals surface area contributed by atoms with Crippen molar-refractivity contribution in [2.45, 2.75) is 12.5 Å². The van der Waals surface area contributed by atoms with Crippen molar-refractivity contribution in [2.75, 3.05) is 0 Å². The van der Waals surface area contributed by atoms with Crippen molar-refractivity contribution in [3.05, 3.63) is 68.4 Å². The van der Waals surface area contributed by atoms with Gasteiger partial charge in [0.15, 0.2) is 0 Å². The third kappa shape index (κ3) is 3.62. The lowest BCUT2D eigenvalue weighted by Crippen LogP contribution is -2.29. The Labute approximate surface area is 131 Å². The van der Waals surface area contributed by atoms with Crippen molar-refractivity contribution >= 4 is 34.8 Å². The molecule has 0 spiro atoms. The smallest absolute Gasteiger partial charge is 0.123 e. The van der Waals surface area contributed by atoms with Gasteiger partial charge in [-0.05, 0) is 47.9 Å². The fraction of sp³-hybridized carbons (Fsp3) is 0.143. The molecule has 2 rings (SSSR count). The average Bonchev–Trinajstić information content (AvgIpc) is 2.43. The van der Waals surface area contributed by atoms with Gasteiger partial charge in [-0.25, -0.2) is 4.39 Å². The van der Waals surface area contributed by atoms with Gasteiger partial charge in [-0.2, -0.15) is 0 Å². The number of benzene rings is 2. The lowest BCUT2D eigenvalue weighted by atomic mass is 9.99. The summed E-state index contributed by atoms with van der Waals surface area (Å²) in [5, 5.41) is 1.40. The van der Waals surface area contributed by atoms with Gasteiger partial charge in [0.05, 0.1) is 16.1 Å². The molecule has 1 atom stereocenters. The van der Waals surface area contributed by atoms with Crippen LogP contribution in [0.1, 0.15) is 17.2 Å². The number of hydrogen-bond donors (Lipinski definition) is 2. The van der Waals surface area contributed by atoms with Gasteiger partial charge in [0.1, 0.15) is 5.82 Å². The van der Waals surface area contributed by atoms with E-state index in [0.717, 1.165) is 5.56 Å². The number of nitrogens with two attached hydrogens (primary N) is 1. The topological polar surface area (TPSA) is 38.0 Å². The van der Waals surface area contributed by atoms with Gasteiger partial charge in [0, 0.05) is 5.02 Å². The summed E-state index contributed by atoms with van der Waals surface area (Å²) in [6.45, 7) is 0. The van der Waals surface area contributed by atoms with Gasteiger partial charge in [-0.3, -0.25) is 11.3 Å². The summed E-state index contributed by atoms with van der Waals surface area (Å²) >= 11 is 17.9. The second kappa shape index (κ2) is 6.74. The van der Waals surface area contributed by atoms with Gasteiger partial charge < -0.3 is 0 Å². The number of hydrazine groups is 1. The largest absolute Gasteiger partial charge is 0.271 e. The highest BCUT2D eigenvalue weighted by Crippen LogP contribution is 2.28. The number of rotatable bonds is 4. The molecule has 0 aliphatic carbocycles. The Balaban J connectivity index is 2.28. The second-order valence-corrected chi connectivity index (χ2v) is 5.55. The summed E-state index contributed by atoms with van der Waals surface area (Å²) in [7, 11) is 0. The molecule has 0 saturated heterocycles. The van der Waals surface area contributed by atoms with E-state index in [4.69, 9.17) is 40.6 Å². The maximum Gasteiger partial charge on any atom is 0.123 e. The fourth-order valence-corrected chi connectivity index (χ4v) is 2.42. The van der Waals surface area contributed by atoms with Crippen molar-refractivity contribution in [3.8, 4) is 0 Å². The molecule has 0 radical (unpaired) electrons. The lowest BCUT2D eigenvalue weighted by molar-refractivity contribution is 0.548. The van der Waals surface area contributed by atoms with Crippen molar-refractivity contribution in [2.24, 2.45) is 5.84 Å². The maximum atomic E-state index is 13.3. The summed E-state index contributed by atoms with van der Waals surface area (Å²) in [5.41, 5.74) is 4.19. The van der Waals surface area contributed by atoms with E-state index in [9.17, 15) is 4.39 Å². The normalized spacial score (nSPS) is 12.4. The minimum atomic E-state index is -0.339. The first-order valence-electron chi connectivity index (χ1n) is 5.86. The fourth-order valence-electron chi connectivity index (χ4n) is 1.92. The predicted molar refractivity (Wildman–Crippen MR) is 81.6 cm³/mol. The Kier molecular flexibility index (Phi) is 5.24. The molecule has 106 valence electrons. The molecule has 0 aliphatic rings. The highest BCUT2D eigenvalue weighted by molar-refractivity contribution is 6.42. The van der Waals surface area contributed by atoms with E-state index in [1.807, 2.05) is 6.07 Å². The summed E-state index contributed by atoms with van der Waals surface area (Å²) in [6, 6.07) is 9.21. The number of hydrogen-bond acceptors (Lipinski definition) is 2. The Morgan fingerprint density at radius 1 is 1.00 bits per heavy atom. The van der Waals surface area contributed by atoms with Crippen LogP contribution in [0.25, 0.3) is 0 Å². The van der Waals surface area contributed by atoms with Gasteiger partial charge >= 0.3 is 0 Å². The van der Waals surface area contributed by atoms with Gasteiger partial charge in [0.25, 0.3) is 0 Å². The molecule has 1 unspecified atom stereocenters. The van der Waals surface area contributed by atoms with E-state index in [-0.39, 0.29) is 11.9 Å². The molecule has 20 heavy (non-hydrogen) atoms. The van der Waals surface area contributed by atoms with Crippen LogP contribution in [0.3, 0.4) is 0 Å². The monoisotopic (exact) mass is 332 g/mol. The minimum absolute atomic E-state index is 0.246. The Hall–Kier alpha value is -0.840. The highest BCUT2D eigenvalue weighted by atomic mass is 35.5. The average molecular weight is 334 g/mol. The van der Waals surface area contributed by atoms with Crippen LogP contribution in [0.5, 0.6) is 0 Å². The second-order valence-electron chi connectivity index (χ2n) is 4.33. The molecule has 3 N–H and O–H groups in total. The van der Waals surface area contributed by atoms with Crippen LogP contribution in [0.4, 0.5) is 4.39 Å². The van der Waals surface area contributed by atoms with E-state index in [2.05, 4.69) is 5.43 Å². The maximum absolute atomic E-state index is 13.3. The molecule has 2 aromatic carbocycles. The molecular formula is C14H12Cl3FN2. The van der Waals surface area contributed by atoms with E-state index in [1.165, 1.54) is 18.2 Å². The number of nitrogens with one attached hydrogen (secondary N) is 1. The quantitative estimate of drug-likeness (QED) is 0.637. The first-order valence-corrected chi connectivity index (χ1v) is 6.99. The summed E-state index contributed by atoms with van der Waals surface area (Å²) in [4.78, 5) is 0. The molecule has 0 amide bonds. The van der Waals surface area contributed by atoms with Crippen LogP contribution in [-0.4, -0.2) is 0 Å². The molecule has 2 aromatic rings. The summed E-state index contributed by atoms with van der Waals surface area (Å²) in [5.74, 6) is 5.23. The van der Waals surface area contributed by atoms with Crippen molar-refractivity contribution in [1.29, 1.82) is 0 Å². The molecule has 2 nitrogen and oxygen atoms in total. The summed E-state index contributed by atoms with van der Waals surface area (Å²) in [6.07, 6.45) is 0.436. The first-order chi connectivity index (χ1) is 9.51. The molecule has 0 fully saturated rings. The molecule has 0 bridgehead atoms. The first kappa shape index (κ1) is 15.5. The van der Waals surface area contributed by atoms with Crippen LogP contribution in [0.2, 0.25) is 15.1 Å². The predicted octanol–water partition coefficient (Wildman–Crippen LogP) is 4.53. The van der Waals surface area contributed by atoms with Crippen LogP contribution in [0, 0.1) is 5.82 Å². The zero-order valence-corrected chi connectivity index (χ0v) is 12.6. The third-order valence-corrected chi connectivity index (χ3v) is 4.09. The molecular weight excluding hydrogens is 322 g/mol. The van der Waals surface area contributed by atoms with E-state index < -0.39 is 0 Å². The van der Waals surface area contributed by atoms with E-state index >= 15 is 0 Å². The molecule has 0 heterocycles. The van der Waals surface area contributed by atoms with Crippen molar-refractivity contribution in [3.63, 3.8) is 0 Å². The number of halogens is 4. The molecule has 6 heteroatoms. The van der Waals surface area contributed by atoms with Crippen LogP contribution >= 0.6 is 34.8 Å². The van der Waals surface area contributed by atoms with Crippen LogP contribution < -0.4 is 11.3 Å². The van der Waals surface area contributed by atoms with Crippen molar-refractivity contribution in [1.82, 2.24) is 5.43 Å². The third-order valence-electron chi connectivity index (χ3n) is 2.98. The van der Waals surface area contributed by atoms with Crippen LogP contribution in [0.15, 0.2) is 36.4 Å². The van der Waals surface area contributed by atoms with Gasteiger partial charge in [0.2, 0.25) is 0 Å². The zero-order chi connectivity index (χ0) is 14.7. The molecule has 0 saturated carbocycles. The van der Waals surface area contributed by atoms with E-state index in [1.54, 1.807) is 12.1 Å². The SMILES string of the molecule is NNC(Cc1cc(F)ccc1Cl)c1ccc(Cl)c(Cl)c1. The van der Waals surface area contributed by atoms with Crippen molar-refractivity contribution < 1.29 is 4.39 Å². The van der Waals surface area contributed by atoms with Crippen LogP contribution in [-0.2, 0) is 6.42 Å². The Morgan fingerprint density at radius 2 is 1.70 bits per heavy atom. The minimum Gasteiger partial charge on any atom is -0.271 e. The standard InChI is InChI=1S/C14H12Cl3FN2/c15-11-4-2-10(18)5-9(11)7-14(20-19)8-1-3-12(16)13(17)6-8/h1-6,14,20H,7,19H2. The van der Waals surface area contributed by atoms with E-state index in [0.29, 0.717) is 27.1 Å². The molecule has 0 aliphatic heterocycles.